The molecule has 1 aromatic carbocycles. The van der Waals surface area contributed by atoms with Crippen LogP contribution < -0.4 is 5.56 Å². The summed E-state index contributed by atoms with van der Waals surface area (Å²) < 4.78 is 1.50. The fourth-order valence-corrected chi connectivity index (χ4v) is 2.63. The van der Waals surface area contributed by atoms with Gasteiger partial charge in [-0.2, -0.15) is 0 Å². The summed E-state index contributed by atoms with van der Waals surface area (Å²) in [7, 11) is 0. The number of benzene rings is 1. The average Bonchev–Trinajstić information content (AvgIpc) is 2.62. The smallest absolute Gasteiger partial charge is 0.263 e. The Morgan fingerprint density at radius 1 is 1.08 bits per heavy atom. The summed E-state index contributed by atoms with van der Waals surface area (Å²) in [6, 6.07) is 12.7. The SMILES string of the molecule is O=c1c(CCC#CCO)c(O)c2cccnc2n1-c1ccccc1. The minimum absolute atomic E-state index is 0.0546. The monoisotopic (exact) mass is 320 g/mol. The van der Waals surface area contributed by atoms with Gasteiger partial charge in [0.2, 0.25) is 0 Å². The maximum absolute atomic E-state index is 12.9. The van der Waals surface area contributed by atoms with Gasteiger partial charge in [-0.3, -0.25) is 9.36 Å². The molecule has 0 saturated carbocycles. The van der Waals surface area contributed by atoms with Crippen LogP contribution in [0.25, 0.3) is 16.7 Å². The Morgan fingerprint density at radius 2 is 1.88 bits per heavy atom. The largest absolute Gasteiger partial charge is 0.507 e. The van der Waals surface area contributed by atoms with Crippen LogP contribution in [-0.2, 0) is 6.42 Å². The van der Waals surface area contributed by atoms with Crippen LogP contribution in [0.15, 0.2) is 53.5 Å². The summed E-state index contributed by atoms with van der Waals surface area (Å²) in [5.74, 6) is 5.26. The summed E-state index contributed by atoms with van der Waals surface area (Å²) >= 11 is 0. The molecule has 0 aliphatic rings. The van der Waals surface area contributed by atoms with E-state index in [-0.39, 0.29) is 17.9 Å². The van der Waals surface area contributed by atoms with Gasteiger partial charge < -0.3 is 10.2 Å². The summed E-state index contributed by atoms with van der Waals surface area (Å²) in [4.78, 5) is 17.2. The number of pyridine rings is 2. The van der Waals surface area contributed by atoms with E-state index in [4.69, 9.17) is 5.11 Å². The van der Waals surface area contributed by atoms with Gasteiger partial charge in [-0.05, 0) is 30.7 Å². The molecular formula is C19H16N2O3. The third-order valence-electron chi connectivity index (χ3n) is 3.72. The molecular weight excluding hydrogens is 304 g/mol. The van der Waals surface area contributed by atoms with Crippen LogP contribution in [0.2, 0.25) is 0 Å². The van der Waals surface area contributed by atoms with Gasteiger partial charge in [0, 0.05) is 12.6 Å². The highest BCUT2D eigenvalue weighted by molar-refractivity contribution is 5.84. The second kappa shape index (κ2) is 6.99. The second-order valence-corrected chi connectivity index (χ2v) is 5.19. The third-order valence-corrected chi connectivity index (χ3v) is 3.72. The van der Waals surface area contributed by atoms with Crippen molar-refractivity contribution < 1.29 is 10.2 Å². The molecule has 3 rings (SSSR count). The molecule has 0 radical (unpaired) electrons. The lowest BCUT2D eigenvalue weighted by Crippen LogP contribution is -2.23. The average molecular weight is 320 g/mol. The lowest BCUT2D eigenvalue weighted by atomic mass is 10.1. The molecule has 120 valence electrons. The number of rotatable bonds is 3. The fourth-order valence-electron chi connectivity index (χ4n) is 2.63. The van der Waals surface area contributed by atoms with Crippen molar-refractivity contribution in [3.8, 4) is 23.3 Å². The van der Waals surface area contributed by atoms with E-state index >= 15 is 0 Å². The van der Waals surface area contributed by atoms with E-state index in [1.54, 1.807) is 18.3 Å². The Balaban J connectivity index is 2.24. The molecule has 5 nitrogen and oxygen atoms in total. The van der Waals surface area contributed by atoms with Gasteiger partial charge in [0.25, 0.3) is 5.56 Å². The van der Waals surface area contributed by atoms with Gasteiger partial charge in [0.05, 0.1) is 16.6 Å². The Morgan fingerprint density at radius 3 is 2.62 bits per heavy atom. The number of aliphatic hydroxyl groups is 1. The van der Waals surface area contributed by atoms with Crippen LogP contribution in [0.1, 0.15) is 12.0 Å². The molecule has 0 unspecified atom stereocenters. The third kappa shape index (κ3) is 2.87. The van der Waals surface area contributed by atoms with E-state index < -0.39 is 0 Å². The normalized spacial score (nSPS) is 10.4. The Hall–Kier alpha value is -3.10. The van der Waals surface area contributed by atoms with E-state index in [9.17, 15) is 9.90 Å². The number of hydrogen-bond donors (Lipinski definition) is 2. The number of nitrogens with zero attached hydrogens (tertiary/aromatic N) is 2. The summed E-state index contributed by atoms with van der Waals surface area (Å²) in [5, 5.41) is 19.7. The van der Waals surface area contributed by atoms with Crippen molar-refractivity contribution in [2.45, 2.75) is 12.8 Å². The highest BCUT2D eigenvalue weighted by Crippen LogP contribution is 2.27. The molecule has 24 heavy (non-hydrogen) atoms. The van der Waals surface area contributed by atoms with Crippen molar-refractivity contribution in [1.29, 1.82) is 0 Å². The van der Waals surface area contributed by atoms with E-state index in [0.717, 1.165) is 0 Å². The molecule has 0 bridgehead atoms. The van der Waals surface area contributed by atoms with E-state index in [1.807, 2.05) is 30.3 Å². The fraction of sp³-hybridized carbons (Fsp3) is 0.158. The first kappa shape index (κ1) is 15.8. The highest BCUT2D eigenvalue weighted by Gasteiger charge is 2.17. The number of fused-ring (bicyclic) bond motifs is 1. The lowest BCUT2D eigenvalue weighted by Gasteiger charge is -2.13. The zero-order valence-electron chi connectivity index (χ0n) is 12.9. The van der Waals surface area contributed by atoms with Crippen molar-refractivity contribution in [3.05, 3.63) is 64.6 Å². The Labute approximate surface area is 138 Å². The van der Waals surface area contributed by atoms with Crippen LogP contribution in [0, 0.1) is 11.8 Å². The highest BCUT2D eigenvalue weighted by atomic mass is 16.3. The molecule has 0 spiro atoms. The zero-order chi connectivity index (χ0) is 16.9. The molecule has 5 heteroatoms. The minimum atomic E-state index is -0.310. The number of aliphatic hydroxyl groups excluding tert-OH is 1. The van der Waals surface area contributed by atoms with Crippen LogP contribution in [0.4, 0.5) is 0 Å². The predicted molar refractivity (Wildman–Crippen MR) is 92.2 cm³/mol. The number of para-hydroxylation sites is 1. The number of aromatic hydroxyl groups is 1. The molecule has 0 fully saturated rings. The number of hydrogen-bond acceptors (Lipinski definition) is 4. The van der Waals surface area contributed by atoms with Gasteiger partial charge in [0.15, 0.2) is 5.65 Å². The summed E-state index contributed by atoms with van der Waals surface area (Å²) in [6.45, 7) is -0.220. The predicted octanol–water partition coefficient (Wildman–Crippen LogP) is 2.02. The summed E-state index contributed by atoms with van der Waals surface area (Å²) in [6.07, 6.45) is 2.27. The van der Waals surface area contributed by atoms with Crippen LogP contribution in [0.3, 0.4) is 0 Å². The van der Waals surface area contributed by atoms with Gasteiger partial charge in [-0.1, -0.05) is 24.1 Å². The van der Waals surface area contributed by atoms with Crippen LogP contribution >= 0.6 is 0 Å². The molecule has 2 N–H and O–H groups in total. The molecule has 0 atom stereocenters. The van der Waals surface area contributed by atoms with Crippen molar-refractivity contribution in [2.75, 3.05) is 6.61 Å². The van der Waals surface area contributed by atoms with Crippen molar-refractivity contribution in [3.63, 3.8) is 0 Å². The maximum Gasteiger partial charge on any atom is 0.263 e. The first-order valence-corrected chi connectivity index (χ1v) is 7.57. The molecule has 0 aliphatic carbocycles. The van der Waals surface area contributed by atoms with Crippen molar-refractivity contribution in [2.24, 2.45) is 0 Å². The first-order chi connectivity index (χ1) is 11.7. The van der Waals surface area contributed by atoms with Crippen LogP contribution in [-0.4, -0.2) is 26.4 Å². The van der Waals surface area contributed by atoms with E-state index in [0.29, 0.717) is 35.1 Å². The van der Waals surface area contributed by atoms with Gasteiger partial charge >= 0.3 is 0 Å². The molecule has 2 aromatic heterocycles. The van der Waals surface area contributed by atoms with Gasteiger partial charge in [-0.15, -0.1) is 5.92 Å². The lowest BCUT2D eigenvalue weighted by molar-refractivity contribution is 0.350. The second-order valence-electron chi connectivity index (χ2n) is 5.19. The molecule has 2 heterocycles. The van der Waals surface area contributed by atoms with Crippen molar-refractivity contribution in [1.82, 2.24) is 9.55 Å². The van der Waals surface area contributed by atoms with E-state index in [1.165, 1.54) is 4.57 Å². The van der Waals surface area contributed by atoms with Crippen molar-refractivity contribution >= 4 is 11.0 Å². The van der Waals surface area contributed by atoms with Gasteiger partial charge in [0.1, 0.15) is 12.4 Å². The van der Waals surface area contributed by atoms with Crippen LogP contribution in [0.5, 0.6) is 5.75 Å². The molecule has 0 saturated heterocycles. The maximum atomic E-state index is 12.9. The quantitative estimate of drug-likeness (QED) is 0.724. The standard InChI is InChI=1S/C19H16N2O3/c22-13-6-2-5-10-16-17(23)15-11-7-12-20-18(15)21(19(16)24)14-8-3-1-4-9-14/h1,3-4,7-9,11-12,22-23H,5,10,13H2. The van der Waals surface area contributed by atoms with Gasteiger partial charge in [-0.25, -0.2) is 4.98 Å². The first-order valence-electron chi connectivity index (χ1n) is 7.57. The Kier molecular flexibility index (Phi) is 4.59. The Bertz CT molecular complexity index is 982. The topological polar surface area (TPSA) is 75.3 Å². The zero-order valence-corrected chi connectivity index (χ0v) is 12.9. The minimum Gasteiger partial charge on any atom is -0.507 e. The molecule has 3 aromatic rings. The molecule has 0 amide bonds. The molecule has 0 aliphatic heterocycles. The summed E-state index contributed by atoms with van der Waals surface area (Å²) in [5.41, 5.74) is 1.09. The van der Waals surface area contributed by atoms with E-state index in [2.05, 4.69) is 16.8 Å². The number of aromatic nitrogens is 2.